The lowest BCUT2D eigenvalue weighted by Crippen LogP contribution is -2.42. The Morgan fingerprint density at radius 1 is 1.03 bits per heavy atom. The topological polar surface area (TPSA) is 70.9 Å². The second-order valence-electron chi connectivity index (χ2n) is 9.47. The van der Waals surface area contributed by atoms with Crippen LogP contribution >= 0.6 is 0 Å². The first-order valence-corrected chi connectivity index (χ1v) is 12.2. The maximum Gasteiger partial charge on any atom is 0.252 e. The molecule has 34 heavy (non-hydrogen) atoms. The van der Waals surface area contributed by atoms with Crippen LogP contribution in [0.2, 0.25) is 0 Å². The van der Waals surface area contributed by atoms with Crippen LogP contribution in [-0.4, -0.2) is 77.1 Å². The molecule has 2 amide bonds. The Morgan fingerprint density at radius 2 is 1.79 bits per heavy atom. The third-order valence-corrected chi connectivity index (χ3v) is 6.35. The maximum atomic E-state index is 13.6. The van der Waals surface area contributed by atoms with Crippen molar-refractivity contribution in [2.75, 3.05) is 44.8 Å². The average molecular weight is 470 g/mol. The summed E-state index contributed by atoms with van der Waals surface area (Å²) in [4.78, 5) is 37.1. The van der Waals surface area contributed by atoms with E-state index in [-0.39, 0.29) is 30.9 Å². The van der Waals surface area contributed by atoms with Crippen LogP contribution in [0, 0.1) is 0 Å². The van der Waals surface area contributed by atoms with Gasteiger partial charge >= 0.3 is 0 Å². The summed E-state index contributed by atoms with van der Waals surface area (Å²) < 4.78 is 7.10. The molecule has 0 saturated carbocycles. The van der Waals surface area contributed by atoms with Gasteiger partial charge in [0.25, 0.3) is 5.91 Å². The molecule has 8 nitrogen and oxygen atoms in total. The number of carbonyl (C=O) groups is 2. The number of carbonyl (C=O) groups excluding carboxylic acids is 2. The molecule has 1 aromatic heterocycles. The normalized spacial score (nSPS) is 16.0. The lowest BCUT2D eigenvalue weighted by molar-refractivity contribution is -0.132. The first kappa shape index (κ1) is 25.9. The number of benzene rings is 1. The van der Waals surface area contributed by atoms with Gasteiger partial charge in [0.15, 0.2) is 0 Å². The predicted molar refractivity (Wildman–Crippen MR) is 134 cm³/mol. The maximum absolute atomic E-state index is 13.6. The van der Waals surface area contributed by atoms with Crippen LogP contribution in [0.3, 0.4) is 0 Å². The van der Waals surface area contributed by atoms with Crippen LogP contribution in [0.4, 0.5) is 5.69 Å². The molecule has 1 aliphatic rings. The minimum Gasteiger partial charge on any atom is -0.375 e. The molecule has 0 spiro atoms. The van der Waals surface area contributed by atoms with Gasteiger partial charge in [0.2, 0.25) is 5.91 Å². The van der Waals surface area contributed by atoms with Crippen molar-refractivity contribution >= 4 is 17.5 Å². The fourth-order valence-electron chi connectivity index (χ4n) is 4.50. The Balaban J connectivity index is 1.93. The summed E-state index contributed by atoms with van der Waals surface area (Å²) in [5, 5.41) is 0. The summed E-state index contributed by atoms with van der Waals surface area (Å²) in [6.07, 6.45) is 4.48. The molecule has 1 aromatic carbocycles. The van der Waals surface area contributed by atoms with Gasteiger partial charge in [-0.2, -0.15) is 0 Å². The molecule has 8 heteroatoms. The Morgan fingerprint density at radius 3 is 2.50 bits per heavy atom. The summed E-state index contributed by atoms with van der Waals surface area (Å²) in [5.74, 6) is 1.13. The van der Waals surface area contributed by atoms with Crippen molar-refractivity contribution in [1.29, 1.82) is 0 Å². The molecule has 0 unspecified atom stereocenters. The molecule has 0 atom stereocenters. The SMILES string of the molecule is COCC(=O)N1CCCN(C(C)C)CCN(C(=O)Cn2ccnc2C(C)C)Cc2ccccc21. The summed E-state index contributed by atoms with van der Waals surface area (Å²) >= 11 is 0. The number of fused-ring (bicyclic) bond motifs is 1. The van der Waals surface area contributed by atoms with Gasteiger partial charge in [-0.15, -0.1) is 0 Å². The fourth-order valence-corrected chi connectivity index (χ4v) is 4.50. The monoisotopic (exact) mass is 469 g/mol. The zero-order valence-corrected chi connectivity index (χ0v) is 21.2. The van der Waals surface area contributed by atoms with E-state index in [2.05, 4.69) is 37.6 Å². The number of methoxy groups -OCH3 is 1. The van der Waals surface area contributed by atoms with Gasteiger partial charge in [-0.05, 0) is 31.9 Å². The average Bonchev–Trinajstić information content (AvgIpc) is 3.25. The van der Waals surface area contributed by atoms with E-state index in [1.54, 1.807) is 13.3 Å². The molecule has 0 aliphatic carbocycles. The third kappa shape index (κ3) is 6.45. The Kier molecular flexibility index (Phi) is 9.24. The van der Waals surface area contributed by atoms with E-state index in [4.69, 9.17) is 4.74 Å². The van der Waals surface area contributed by atoms with E-state index in [9.17, 15) is 9.59 Å². The van der Waals surface area contributed by atoms with E-state index in [0.29, 0.717) is 25.7 Å². The van der Waals surface area contributed by atoms with Gasteiger partial charge in [-0.3, -0.25) is 14.5 Å². The molecule has 3 rings (SSSR count). The van der Waals surface area contributed by atoms with Crippen LogP contribution in [0.15, 0.2) is 36.7 Å². The van der Waals surface area contributed by atoms with Crippen molar-refractivity contribution in [2.45, 2.75) is 59.2 Å². The van der Waals surface area contributed by atoms with Crippen LogP contribution in [0.25, 0.3) is 0 Å². The molecular formula is C26H39N5O3. The fraction of sp³-hybridized carbons (Fsp3) is 0.577. The minimum atomic E-state index is -0.0665. The van der Waals surface area contributed by atoms with Gasteiger partial charge in [-0.1, -0.05) is 32.0 Å². The van der Waals surface area contributed by atoms with Crippen molar-refractivity contribution in [3.8, 4) is 0 Å². The molecular weight excluding hydrogens is 430 g/mol. The van der Waals surface area contributed by atoms with Crippen molar-refractivity contribution in [2.24, 2.45) is 0 Å². The van der Waals surface area contributed by atoms with Gasteiger partial charge in [-0.25, -0.2) is 4.98 Å². The smallest absolute Gasteiger partial charge is 0.252 e. The largest absolute Gasteiger partial charge is 0.375 e. The number of para-hydroxylation sites is 1. The second-order valence-corrected chi connectivity index (χ2v) is 9.47. The van der Waals surface area contributed by atoms with Crippen molar-refractivity contribution in [1.82, 2.24) is 19.4 Å². The van der Waals surface area contributed by atoms with Crippen molar-refractivity contribution in [3.05, 3.63) is 48.0 Å². The Hall–Kier alpha value is -2.71. The number of aromatic nitrogens is 2. The second kappa shape index (κ2) is 12.1. The number of hydrogen-bond acceptors (Lipinski definition) is 5. The van der Waals surface area contributed by atoms with Crippen molar-refractivity contribution < 1.29 is 14.3 Å². The van der Waals surface area contributed by atoms with Crippen molar-refractivity contribution in [3.63, 3.8) is 0 Å². The van der Waals surface area contributed by atoms with E-state index in [1.807, 2.05) is 44.8 Å². The quantitative estimate of drug-likeness (QED) is 0.650. The molecule has 2 heterocycles. The standard InChI is InChI=1S/C26H39N5O3/c1-20(2)26-27-11-14-30(26)18-24(32)29-16-15-28(21(3)4)12-8-13-31(25(33)19-34-5)23-10-7-6-9-22(23)17-29/h6-7,9-11,14,20-21H,8,12-13,15-19H2,1-5H3. The number of anilines is 1. The number of hydrogen-bond donors (Lipinski definition) is 0. The lowest BCUT2D eigenvalue weighted by Gasteiger charge is -2.30. The van der Waals surface area contributed by atoms with Crippen LogP contribution < -0.4 is 4.90 Å². The molecule has 186 valence electrons. The first-order chi connectivity index (χ1) is 16.3. The third-order valence-electron chi connectivity index (χ3n) is 6.35. The molecule has 2 aromatic rings. The highest BCUT2D eigenvalue weighted by molar-refractivity contribution is 5.95. The summed E-state index contributed by atoms with van der Waals surface area (Å²) in [6.45, 7) is 12.1. The Labute approximate surface area is 203 Å². The molecule has 0 fully saturated rings. The number of nitrogens with zero attached hydrogens (tertiary/aromatic N) is 5. The lowest BCUT2D eigenvalue weighted by atomic mass is 10.1. The number of ether oxygens (including phenoxy) is 1. The highest BCUT2D eigenvalue weighted by Gasteiger charge is 2.24. The first-order valence-electron chi connectivity index (χ1n) is 12.2. The van der Waals surface area contributed by atoms with Crippen LogP contribution in [-0.2, 0) is 27.4 Å². The highest BCUT2D eigenvalue weighted by Crippen LogP contribution is 2.24. The van der Waals surface area contributed by atoms with Gasteiger partial charge in [0.05, 0.1) is 0 Å². The van der Waals surface area contributed by atoms with Gasteiger partial charge in [0, 0.05) is 69.9 Å². The van der Waals surface area contributed by atoms with E-state index >= 15 is 0 Å². The summed E-state index contributed by atoms with van der Waals surface area (Å²) in [7, 11) is 1.54. The summed E-state index contributed by atoms with van der Waals surface area (Å²) in [5.41, 5.74) is 1.82. The molecule has 0 bridgehead atoms. The van der Waals surface area contributed by atoms with Gasteiger partial charge < -0.3 is 19.1 Å². The van der Waals surface area contributed by atoms with E-state index in [1.165, 1.54) is 0 Å². The number of amides is 2. The highest BCUT2D eigenvalue weighted by atomic mass is 16.5. The predicted octanol–water partition coefficient (Wildman–Crippen LogP) is 3.13. The summed E-state index contributed by atoms with van der Waals surface area (Å²) in [6, 6.07) is 8.24. The minimum absolute atomic E-state index is 0.0312. The number of imidazole rings is 1. The Bertz CT molecular complexity index is 955. The zero-order valence-electron chi connectivity index (χ0n) is 21.2. The van der Waals surface area contributed by atoms with Gasteiger partial charge in [0.1, 0.15) is 19.0 Å². The van der Waals surface area contributed by atoms with E-state index in [0.717, 1.165) is 36.6 Å². The molecule has 1 aliphatic heterocycles. The van der Waals surface area contributed by atoms with E-state index < -0.39 is 0 Å². The molecule has 0 radical (unpaired) electrons. The molecule has 0 saturated heterocycles. The van der Waals surface area contributed by atoms with Crippen LogP contribution in [0.5, 0.6) is 0 Å². The van der Waals surface area contributed by atoms with Crippen LogP contribution in [0.1, 0.15) is 51.4 Å². The zero-order chi connectivity index (χ0) is 24.7. The molecule has 0 N–H and O–H groups in total. The number of rotatable bonds is 6.